The Bertz CT molecular complexity index is 789. The average molecular weight is 252 g/mol. The van der Waals surface area contributed by atoms with E-state index in [1.54, 1.807) is 6.07 Å². The Hall–Kier alpha value is -2.16. The van der Waals surface area contributed by atoms with Crippen molar-refractivity contribution >= 4 is 21.8 Å². The van der Waals surface area contributed by atoms with E-state index < -0.39 is 0 Å². The van der Waals surface area contributed by atoms with Crippen molar-refractivity contribution in [3.05, 3.63) is 52.4 Å². The molecule has 0 unspecified atom stereocenters. The molecule has 0 aliphatic carbocycles. The Kier molecular flexibility index (Phi) is 3.03. The van der Waals surface area contributed by atoms with Crippen LogP contribution in [0.2, 0.25) is 0 Å². The molecule has 3 aromatic rings. The molecule has 0 atom stereocenters. The van der Waals surface area contributed by atoms with E-state index in [0.29, 0.717) is 0 Å². The summed E-state index contributed by atoms with van der Waals surface area (Å²) in [4.78, 5) is 19.1. The number of rotatable bonds is 3. The molecule has 1 N–H and O–H groups in total. The van der Waals surface area contributed by atoms with Crippen LogP contribution in [0.15, 0.2) is 41.2 Å². The first kappa shape index (κ1) is 11.9. The van der Waals surface area contributed by atoms with Gasteiger partial charge in [-0.3, -0.25) is 9.78 Å². The van der Waals surface area contributed by atoms with Crippen LogP contribution in [0, 0.1) is 0 Å². The van der Waals surface area contributed by atoms with Crippen LogP contribution in [0.1, 0.15) is 25.5 Å². The molecule has 0 bridgehead atoms. The molecule has 0 amide bonds. The topological polar surface area (TPSA) is 45.8 Å². The van der Waals surface area contributed by atoms with E-state index in [9.17, 15) is 4.79 Å². The maximum absolute atomic E-state index is 11.5. The van der Waals surface area contributed by atoms with Crippen LogP contribution >= 0.6 is 0 Å². The minimum atomic E-state index is -0.0826. The maximum Gasteiger partial charge on any atom is 0.248 e. The van der Waals surface area contributed by atoms with E-state index in [4.69, 9.17) is 4.98 Å². The van der Waals surface area contributed by atoms with Gasteiger partial charge in [-0.1, -0.05) is 31.5 Å². The van der Waals surface area contributed by atoms with Gasteiger partial charge in [0.1, 0.15) is 0 Å². The third-order valence-electron chi connectivity index (χ3n) is 3.40. The molecule has 0 fully saturated rings. The lowest BCUT2D eigenvalue weighted by molar-refractivity contribution is 0.780. The van der Waals surface area contributed by atoms with Gasteiger partial charge in [0.2, 0.25) is 5.56 Å². The van der Waals surface area contributed by atoms with Crippen LogP contribution < -0.4 is 5.56 Å². The molecule has 1 aromatic carbocycles. The third kappa shape index (κ3) is 2.24. The predicted molar refractivity (Wildman–Crippen MR) is 78.5 cm³/mol. The van der Waals surface area contributed by atoms with Gasteiger partial charge in [-0.05, 0) is 25.0 Å². The third-order valence-corrected chi connectivity index (χ3v) is 3.40. The zero-order valence-electron chi connectivity index (χ0n) is 10.9. The van der Waals surface area contributed by atoms with E-state index >= 15 is 0 Å². The van der Waals surface area contributed by atoms with Crippen molar-refractivity contribution < 1.29 is 0 Å². The fraction of sp³-hybridized carbons (Fsp3) is 0.250. The number of aryl methyl sites for hydroxylation is 1. The first-order chi connectivity index (χ1) is 9.28. The molecule has 0 aliphatic heterocycles. The summed E-state index contributed by atoms with van der Waals surface area (Å²) in [5, 5.41) is 2.09. The smallest absolute Gasteiger partial charge is 0.248 e. The Morgan fingerprint density at radius 2 is 1.79 bits per heavy atom. The number of hydrogen-bond acceptors (Lipinski definition) is 2. The highest BCUT2D eigenvalue weighted by Gasteiger charge is 2.04. The quantitative estimate of drug-likeness (QED) is 0.726. The van der Waals surface area contributed by atoms with Crippen molar-refractivity contribution in [1.82, 2.24) is 9.97 Å². The first-order valence-corrected chi connectivity index (χ1v) is 6.69. The molecular weight excluding hydrogens is 236 g/mol. The summed E-state index contributed by atoms with van der Waals surface area (Å²) in [6.07, 6.45) is 3.28. The fourth-order valence-corrected chi connectivity index (χ4v) is 2.34. The van der Waals surface area contributed by atoms with Crippen LogP contribution in [-0.2, 0) is 6.42 Å². The lowest BCUT2D eigenvalue weighted by Crippen LogP contribution is -2.03. The standard InChI is InChI=1S/C16H16N2O/c1-2-3-4-13-9-7-11-5-6-12-8-10-14(19)18-16(12)15(11)17-13/h5-10H,2-4H2,1H3,(H,18,19). The average Bonchev–Trinajstić information content (AvgIpc) is 2.44. The molecule has 0 saturated carbocycles. The van der Waals surface area contributed by atoms with Crippen LogP contribution in [-0.4, -0.2) is 9.97 Å². The second-order valence-corrected chi connectivity index (χ2v) is 4.83. The van der Waals surface area contributed by atoms with Gasteiger partial charge in [-0.2, -0.15) is 0 Å². The van der Waals surface area contributed by atoms with Crippen molar-refractivity contribution in [3.8, 4) is 0 Å². The summed E-state index contributed by atoms with van der Waals surface area (Å²) in [6, 6.07) is 11.6. The molecule has 2 aromatic heterocycles. The molecule has 2 heterocycles. The summed E-state index contributed by atoms with van der Waals surface area (Å²) in [5.41, 5.74) is 2.74. The van der Waals surface area contributed by atoms with Crippen molar-refractivity contribution in [2.75, 3.05) is 0 Å². The van der Waals surface area contributed by atoms with Crippen molar-refractivity contribution in [2.45, 2.75) is 26.2 Å². The van der Waals surface area contributed by atoms with E-state index in [-0.39, 0.29) is 5.56 Å². The first-order valence-electron chi connectivity index (χ1n) is 6.69. The number of nitrogens with zero attached hydrogens (tertiary/aromatic N) is 1. The van der Waals surface area contributed by atoms with Gasteiger partial charge in [0.15, 0.2) is 0 Å². The lowest BCUT2D eigenvalue weighted by atomic mass is 10.1. The van der Waals surface area contributed by atoms with Gasteiger partial charge in [0, 0.05) is 22.5 Å². The summed E-state index contributed by atoms with van der Waals surface area (Å²) < 4.78 is 0. The summed E-state index contributed by atoms with van der Waals surface area (Å²) in [5.74, 6) is 0. The Morgan fingerprint density at radius 3 is 2.63 bits per heavy atom. The van der Waals surface area contributed by atoms with Crippen LogP contribution in [0.4, 0.5) is 0 Å². The molecule has 0 radical (unpaired) electrons. The highest BCUT2D eigenvalue weighted by molar-refractivity contribution is 6.02. The lowest BCUT2D eigenvalue weighted by Gasteiger charge is -2.05. The number of aromatic amines is 1. The summed E-state index contributed by atoms with van der Waals surface area (Å²) in [7, 11) is 0. The largest absolute Gasteiger partial charge is 0.320 e. The number of pyridine rings is 2. The van der Waals surface area contributed by atoms with Crippen LogP contribution in [0.5, 0.6) is 0 Å². The van der Waals surface area contributed by atoms with Gasteiger partial charge in [-0.15, -0.1) is 0 Å². The second kappa shape index (κ2) is 4.84. The number of nitrogens with one attached hydrogen (secondary N) is 1. The Labute approximate surface area is 111 Å². The highest BCUT2D eigenvalue weighted by Crippen LogP contribution is 2.21. The van der Waals surface area contributed by atoms with E-state index in [0.717, 1.165) is 46.8 Å². The van der Waals surface area contributed by atoms with E-state index in [1.807, 2.05) is 18.2 Å². The molecule has 19 heavy (non-hydrogen) atoms. The number of H-pyrrole nitrogens is 1. The Balaban J connectivity index is 2.25. The Morgan fingerprint density at radius 1 is 1.05 bits per heavy atom. The monoisotopic (exact) mass is 252 g/mol. The van der Waals surface area contributed by atoms with Crippen LogP contribution in [0.25, 0.3) is 21.8 Å². The van der Waals surface area contributed by atoms with Crippen molar-refractivity contribution in [1.29, 1.82) is 0 Å². The zero-order valence-corrected chi connectivity index (χ0v) is 10.9. The fourth-order valence-electron chi connectivity index (χ4n) is 2.34. The molecular formula is C16H16N2O. The van der Waals surface area contributed by atoms with Gasteiger partial charge >= 0.3 is 0 Å². The van der Waals surface area contributed by atoms with Gasteiger partial charge < -0.3 is 4.98 Å². The van der Waals surface area contributed by atoms with Crippen LogP contribution in [0.3, 0.4) is 0 Å². The molecule has 3 heteroatoms. The molecule has 96 valence electrons. The zero-order chi connectivity index (χ0) is 13.2. The predicted octanol–water partition coefficient (Wildman–Crippen LogP) is 3.42. The number of benzene rings is 1. The van der Waals surface area contributed by atoms with E-state index in [2.05, 4.69) is 24.0 Å². The minimum absolute atomic E-state index is 0.0826. The summed E-state index contributed by atoms with van der Waals surface area (Å²) >= 11 is 0. The molecule has 3 rings (SSSR count). The second-order valence-electron chi connectivity index (χ2n) is 4.83. The molecule has 0 aliphatic rings. The van der Waals surface area contributed by atoms with Crippen molar-refractivity contribution in [3.63, 3.8) is 0 Å². The highest BCUT2D eigenvalue weighted by atomic mass is 16.1. The molecule has 0 saturated heterocycles. The van der Waals surface area contributed by atoms with Gasteiger partial charge in [0.25, 0.3) is 0 Å². The molecule has 3 nitrogen and oxygen atoms in total. The normalized spacial score (nSPS) is 11.2. The van der Waals surface area contributed by atoms with E-state index in [1.165, 1.54) is 0 Å². The number of unbranched alkanes of at least 4 members (excludes halogenated alkanes) is 1. The SMILES string of the molecule is CCCCc1ccc2ccc3ccc(=O)[nH]c3c2n1. The summed E-state index contributed by atoms with van der Waals surface area (Å²) in [6.45, 7) is 2.17. The molecule has 0 spiro atoms. The van der Waals surface area contributed by atoms with Crippen molar-refractivity contribution in [2.24, 2.45) is 0 Å². The number of aromatic nitrogens is 2. The maximum atomic E-state index is 11.5. The van der Waals surface area contributed by atoms with Gasteiger partial charge in [-0.25, -0.2) is 0 Å². The number of fused-ring (bicyclic) bond motifs is 3. The minimum Gasteiger partial charge on any atom is -0.320 e. The number of hydrogen-bond donors (Lipinski definition) is 1. The van der Waals surface area contributed by atoms with Gasteiger partial charge in [0.05, 0.1) is 11.0 Å².